The van der Waals surface area contributed by atoms with E-state index in [1.807, 2.05) is 0 Å². The maximum Gasteiger partial charge on any atom is 0.0104 e. The monoisotopic (exact) mass is 58.1 g/mol. The van der Waals surface area contributed by atoms with Gasteiger partial charge in [-0.05, 0) is 0 Å². The Balaban J connectivity index is 0. The molecule has 0 aliphatic rings. The van der Waals surface area contributed by atoms with Gasteiger partial charge in [-0.15, -0.1) is 6.58 Å². The van der Waals surface area contributed by atoms with Crippen molar-refractivity contribution in [2.24, 2.45) is 5.73 Å². The van der Waals surface area contributed by atoms with Crippen LogP contribution in [0, 0.1) is 0 Å². The first-order valence-electron chi connectivity index (χ1n) is 1.22. The summed E-state index contributed by atoms with van der Waals surface area (Å²) < 4.78 is 0. The Morgan fingerprint density at radius 2 is 2.50 bits per heavy atom. The molecule has 0 spiro atoms. The van der Waals surface area contributed by atoms with Gasteiger partial charge in [0.15, 0.2) is 0 Å². The first kappa shape index (κ1) is 3.70. The molecule has 1 heteroatoms. The summed E-state index contributed by atoms with van der Waals surface area (Å²) in [7, 11) is 0. The van der Waals surface area contributed by atoms with Gasteiger partial charge in [0.05, 0.1) is 0 Å². The lowest BCUT2D eigenvalue weighted by atomic mass is 10.7. The summed E-state index contributed by atoms with van der Waals surface area (Å²) in [5.74, 6) is 0. The van der Waals surface area contributed by atoms with Crippen LogP contribution in [0.15, 0.2) is 12.7 Å². The minimum atomic E-state index is 0. The van der Waals surface area contributed by atoms with E-state index >= 15 is 0 Å². The van der Waals surface area contributed by atoms with Crippen molar-refractivity contribution >= 4 is 0 Å². The lowest BCUT2D eigenvalue weighted by molar-refractivity contribution is 1.26. The first-order valence-corrected chi connectivity index (χ1v) is 1.22. The fraction of sp³-hybridized carbons (Fsp3) is 0.333. The molecule has 2 N–H and O–H groups in total. The van der Waals surface area contributed by atoms with E-state index < -0.39 is 0 Å². The molecule has 0 aliphatic heterocycles. The highest BCUT2D eigenvalue weighted by Gasteiger charge is 1.43. The van der Waals surface area contributed by atoms with Crippen LogP contribution in [0.1, 0.15) is 1.43 Å². The van der Waals surface area contributed by atoms with Gasteiger partial charge in [-0.2, -0.15) is 0 Å². The Labute approximate surface area is 27.6 Å². The maximum atomic E-state index is 4.91. The van der Waals surface area contributed by atoms with E-state index in [2.05, 4.69) is 6.58 Å². The van der Waals surface area contributed by atoms with Crippen LogP contribution in [-0.2, 0) is 0 Å². The van der Waals surface area contributed by atoms with Crippen LogP contribution in [-0.4, -0.2) is 6.54 Å². The molecule has 0 aromatic heterocycles. The minimum Gasteiger partial charge on any atom is -0.327 e. The van der Waals surface area contributed by atoms with Crippen molar-refractivity contribution in [3.63, 3.8) is 0 Å². The molecule has 1 nitrogen and oxygen atoms in total. The third-order valence-corrected chi connectivity index (χ3v) is 0.167. The fourth-order valence-corrected chi connectivity index (χ4v) is 0. The van der Waals surface area contributed by atoms with Crippen LogP contribution in [0.25, 0.3) is 0 Å². The lowest BCUT2D eigenvalue weighted by Gasteiger charge is -1.61. The van der Waals surface area contributed by atoms with Gasteiger partial charge in [0.1, 0.15) is 0 Å². The summed E-state index contributed by atoms with van der Waals surface area (Å²) in [6.07, 6.45) is 1.65. The van der Waals surface area contributed by atoms with E-state index in [0.717, 1.165) is 0 Å². The van der Waals surface area contributed by atoms with E-state index in [1.54, 1.807) is 6.08 Å². The summed E-state index contributed by atoms with van der Waals surface area (Å²) >= 11 is 0. The molecule has 0 aromatic carbocycles. The third-order valence-electron chi connectivity index (χ3n) is 0.167. The summed E-state index contributed by atoms with van der Waals surface area (Å²) in [6.45, 7) is 3.94. The van der Waals surface area contributed by atoms with Crippen molar-refractivity contribution in [1.82, 2.24) is 0 Å². The smallest absolute Gasteiger partial charge is 0.0104 e. The Morgan fingerprint density at radius 3 is 2.50 bits per heavy atom. The van der Waals surface area contributed by atoms with Gasteiger partial charge >= 0.3 is 0 Å². The maximum absolute atomic E-state index is 4.91. The average Bonchev–Trinajstić information content (AvgIpc) is 1.37. The molecule has 0 heterocycles. The first-order chi connectivity index (χ1) is 1.91. The standard InChI is InChI=1S/C3H7N.H/c1-2-3-4;/h2H,1,3-4H2;. The largest absolute Gasteiger partial charge is 0.327 e. The van der Waals surface area contributed by atoms with Crippen molar-refractivity contribution in [2.75, 3.05) is 6.54 Å². The predicted octanol–water partition coefficient (Wildman–Crippen LogP) is 0.244. The second-order valence-electron chi connectivity index (χ2n) is 0.524. The Hall–Kier alpha value is -0.300. The van der Waals surface area contributed by atoms with Crippen molar-refractivity contribution in [3.8, 4) is 0 Å². The van der Waals surface area contributed by atoms with Crippen molar-refractivity contribution < 1.29 is 1.43 Å². The molecule has 0 unspecified atom stereocenters. The second kappa shape index (κ2) is 2.70. The van der Waals surface area contributed by atoms with E-state index in [9.17, 15) is 0 Å². The van der Waals surface area contributed by atoms with Crippen LogP contribution in [0.3, 0.4) is 0 Å². The molecule has 0 saturated carbocycles. The zero-order valence-corrected chi connectivity index (χ0v) is 2.57. The van der Waals surface area contributed by atoms with Crippen LogP contribution in [0.4, 0.5) is 0 Å². The lowest BCUT2D eigenvalue weighted by Crippen LogP contribution is -1.90. The van der Waals surface area contributed by atoms with Crippen LogP contribution in [0.5, 0.6) is 0 Å². The van der Waals surface area contributed by atoms with Gasteiger partial charge in [-0.25, -0.2) is 0 Å². The topological polar surface area (TPSA) is 26.0 Å². The van der Waals surface area contributed by atoms with Gasteiger partial charge in [-0.3, -0.25) is 0 Å². The van der Waals surface area contributed by atoms with Crippen molar-refractivity contribution in [3.05, 3.63) is 12.7 Å². The molecular weight excluding hydrogens is 50.0 g/mol. The number of hydrogen-bond acceptors (Lipinski definition) is 1. The highest BCUT2D eigenvalue weighted by molar-refractivity contribution is 4.64. The van der Waals surface area contributed by atoms with E-state index in [1.165, 1.54) is 0 Å². The quantitative estimate of drug-likeness (QED) is 0.429. The summed E-state index contributed by atoms with van der Waals surface area (Å²) in [5.41, 5.74) is 4.91. The normalized spacial score (nSPS) is 6.25. The van der Waals surface area contributed by atoms with Gasteiger partial charge in [0.2, 0.25) is 0 Å². The summed E-state index contributed by atoms with van der Waals surface area (Å²) in [6, 6.07) is 0. The van der Waals surface area contributed by atoms with Gasteiger partial charge in [0.25, 0.3) is 0 Å². The van der Waals surface area contributed by atoms with Crippen LogP contribution >= 0.6 is 0 Å². The van der Waals surface area contributed by atoms with Gasteiger partial charge in [0, 0.05) is 7.97 Å². The highest BCUT2D eigenvalue weighted by Crippen LogP contribution is 1.40. The molecule has 0 atom stereocenters. The predicted molar refractivity (Wildman–Crippen MR) is 20.4 cm³/mol. The molecule has 0 fully saturated rings. The zero-order valence-electron chi connectivity index (χ0n) is 3.57. The SMILES string of the molecule is C=CCN.[H]. The van der Waals surface area contributed by atoms with Crippen molar-refractivity contribution in [1.29, 1.82) is 0 Å². The molecule has 0 aromatic rings. The minimum absolute atomic E-state index is 0. The Morgan fingerprint density at radius 1 is 2.25 bits per heavy atom. The molecule has 4 heavy (non-hydrogen) atoms. The van der Waals surface area contributed by atoms with Crippen molar-refractivity contribution in [2.45, 2.75) is 0 Å². The fourth-order valence-electron chi connectivity index (χ4n) is 0. The third kappa shape index (κ3) is 1.70. The second-order valence-corrected chi connectivity index (χ2v) is 0.524. The van der Waals surface area contributed by atoms with E-state index in [0.29, 0.717) is 6.54 Å². The molecular formula is C3H8N. The van der Waals surface area contributed by atoms with Crippen LogP contribution in [0.2, 0.25) is 0 Å². The molecule has 0 saturated heterocycles. The van der Waals surface area contributed by atoms with Gasteiger partial charge in [-0.1, -0.05) is 6.08 Å². The summed E-state index contributed by atoms with van der Waals surface area (Å²) in [4.78, 5) is 0. The molecule has 0 bridgehead atoms. The number of rotatable bonds is 1. The van der Waals surface area contributed by atoms with E-state index in [4.69, 9.17) is 5.73 Å². The average molecular weight is 58.1 g/mol. The van der Waals surface area contributed by atoms with Gasteiger partial charge < -0.3 is 5.73 Å². The molecule has 0 rings (SSSR count). The molecule has 1 radical (unpaired) electrons. The highest BCUT2D eigenvalue weighted by atomic mass is 14.5. The Kier molecular flexibility index (Phi) is 2.50. The molecule has 0 amide bonds. The van der Waals surface area contributed by atoms with E-state index in [-0.39, 0.29) is 1.43 Å². The Bertz CT molecular complexity index is 20.9. The van der Waals surface area contributed by atoms with Crippen LogP contribution < -0.4 is 5.73 Å². The molecule has 25 valence electrons. The summed E-state index contributed by atoms with van der Waals surface area (Å²) in [5, 5.41) is 0. The zero-order chi connectivity index (χ0) is 3.41. The molecule has 0 aliphatic carbocycles. The number of hydrogen-bond donors (Lipinski definition) is 1. The number of nitrogens with two attached hydrogens (primary N) is 1.